The maximum Gasteiger partial charge on any atom is 0.0802 e. The number of benzene rings is 1. The van der Waals surface area contributed by atoms with E-state index in [1.807, 2.05) is 11.8 Å². The summed E-state index contributed by atoms with van der Waals surface area (Å²) in [6.07, 6.45) is 0.844. The normalized spacial score (nSPS) is 13.1. The van der Waals surface area contributed by atoms with Crippen LogP contribution in [-0.2, 0) is 12.3 Å². The number of thioether (sulfide) groups is 1. The van der Waals surface area contributed by atoms with Gasteiger partial charge in [-0.25, -0.2) is 0 Å². The van der Waals surface area contributed by atoms with Crippen molar-refractivity contribution >= 4 is 22.7 Å². The molecular weight excluding hydrogens is 244 g/mol. The summed E-state index contributed by atoms with van der Waals surface area (Å²) < 4.78 is 2.06. The van der Waals surface area contributed by atoms with Crippen LogP contribution in [0.25, 0.3) is 10.9 Å². The van der Waals surface area contributed by atoms with E-state index < -0.39 is 0 Å². The molecule has 98 valence electrons. The molecule has 0 aliphatic rings. The number of hydrogen-bond acceptors (Lipinski definition) is 3. The van der Waals surface area contributed by atoms with Crippen molar-refractivity contribution in [2.24, 2.45) is 0 Å². The molecule has 0 fully saturated rings. The van der Waals surface area contributed by atoms with E-state index in [2.05, 4.69) is 47.9 Å². The maximum atomic E-state index is 8.91. The summed E-state index contributed by atoms with van der Waals surface area (Å²) in [5.74, 6) is 0.911. The van der Waals surface area contributed by atoms with E-state index in [0.29, 0.717) is 5.25 Å². The Labute approximate surface area is 112 Å². The van der Waals surface area contributed by atoms with Crippen molar-refractivity contribution in [2.45, 2.75) is 37.8 Å². The monoisotopic (exact) mass is 264 g/mol. The first-order chi connectivity index (χ1) is 8.76. The van der Waals surface area contributed by atoms with Crippen LogP contribution in [0.2, 0.25) is 0 Å². The van der Waals surface area contributed by atoms with Crippen LogP contribution < -0.4 is 0 Å². The van der Waals surface area contributed by atoms with Gasteiger partial charge in [0.1, 0.15) is 0 Å². The van der Waals surface area contributed by atoms with Crippen LogP contribution in [0, 0.1) is 0 Å². The van der Waals surface area contributed by atoms with Gasteiger partial charge in [-0.15, -0.1) is 0 Å². The number of aliphatic hydroxyl groups excluding tert-OH is 1. The lowest BCUT2D eigenvalue weighted by Gasteiger charge is -2.07. The molecule has 0 saturated carbocycles. The highest BCUT2D eigenvalue weighted by Crippen LogP contribution is 2.25. The second kappa shape index (κ2) is 6.25. The third kappa shape index (κ3) is 2.87. The van der Waals surface area contributed by atoms with Crippen molar-refractivity contribution in [3.63, 3.8) is 0 Å². The van der Waals surface area contributed by atoms with Crippen LogP contribution in [0.15, 0.2) is 24.3 Å². The Bertz CT molecular complexity index is 509. The topological polar surface area (TPSA) is 38.0 Å². The average Bonchev–Trinajstić information content (AvgIpc) is 2.75. The minimum absolute atomic E-state index is 0.262. The largest absolute Gasteiger partial charge is 0.396 e. The molecule has 0 aliphatic heterocycles. The molecule has 1 N–H and O–H groups in total. The second-order valence-corrected chi connectivity index (χ2v) is 5.84. The zero-order valence-corrected chi connectivity index (χ0v) is 11.8. The molecule has 2 rings (SSSR count). The van der Waals surface area contributed by atoms with Gasteiger partial charge in [0.05, 0.1) is 11.2 Å². The van der Waals surface area contributed by atoms with Crippen molar-refractivity contribution in [3.05, 3.63) is 30.0 Å². The van der Waals surface area contributed by atoms with Gasteiger partial charge in [0.25, 0.3) is 0 Å². The fraction of sp³-hybridized carbons (Fsp3) is 0.500. The lowest BCUT2D eigenvalue weighted by Crippen LogP contribution is -2.01. The lowest BCUT2D eigenvalue weighted by molar-refractivity contribution is 0.289. The summed E-state index contributed by atoms with van der Waals surface area (Å²) in [4.78, 5) is 0. The van der Waals surface area contributed by atoms with E-state index in [0.717, 1.165) is 24.4 Å². The molecule has 1 aromatic carbocycles. The number of aryl methyl sites for hydroxylation is 1. The summed E-state index contributed by atoms with van der Waals surface area (Å²) in [5.41, 5.74) is 2.37. The lowest BCUT2D eigenvalue weighted by atomic mass is 10.2. The molecule has 4 heteroatoms. The predicted molar refractivity (Wildman–Crippen MR) is 77.9 cm³/mol. The highest BCUT2D eigenvalue weighted by atomic mass is 32.2. The molecule has 0 radical (unpaired) electrons. The van der Waals surface area contributed by atoms with Crippen molar-refractivity contribution in [1.29, 1.82) is 0 Å². The number of aliphatic hydroxyl groups is 1. The molecule has 1 atom stereocenters. The molecule has 1 aromatic heterocycles. The van der Waals surface area contributed by atoms with E-state index >= 15 is 0 Å². The quantitative estimate of drug-likeness (QED) is 0.871. The second-order valence-electron chi connectivity index (χ2n) is 4.41. The fourth-order valence-electron chi connectivity index (χ4n) is 2.03. The fourth-order valence-corrected chi connectivity index (χ4v) is 2.96. The van der Waals surface area contributed by atoms with Crippen LogP contribution in [0.1, 0.15) is 26.0 Å². The minimum Gasteiger partial charge on any atom is -0.396 e. The van der Waals surface area contributed by atoms with Gasteiger partial charge in [0.15, 0.2) is 0 Å². The molecule has 3 nitrogen and oxygen atoms in total. The number of aromatic nitrogens is 2. The SMILES string of the molecule is CCn1nc(CSC(C)CCO)c2ccccc21. The van der Waals surface area contributed by atoms with Gasteiger partial charge in [-0.3, -0.25) is 4.68 Å². The van der Waals surface area contributed by atoms with Gasteiger partial charge >= 0.3 is 0 Å². The Kier molecular flexibility index (Phi) is 4.66. The summed E-state index contributed by atoms with van der Waals surface area (Å²) >= 11 is 1.86. The van der Waals surface area contributed by atoms with Crippen molar-refractivity contribution < 1.29 is 5.11 Å². The predicted octanol–water partition coefficient (Wildman–Crippen LogP) is 3.06. The molecular formula is C14H20N2OS. The number of fused-ring (bicyclic) bond motifs is 1. The summed E-state index contributed by atoms with van der Waals surface area (Å²) in [7, 11) is 0. The molecule has 1 heterocycles. The standard InChI is InChI=1S/C14H20N2OS/c1-3-16-14-7-5-4-6-12(14)13(15-16)10-18-11(2)8-9-17/h4-7,11,17H,3,8-10H2,1-2H3. The van der Waals surface area contributed by atoms with E-state index in [9.17, 15) is 0 Å². The van der Waals surface area contributed by atoms with Gasteiger partial charge in [-0.1, -0.05) is 25.1 Å². The maximum absolute atomic E-state index is 8.91. The third-order valence-electron chi connectivity index (χ3n) is 3.07. The molecule has 0 aliphatic carbocycles. The first-order valence-electron chi connectivity index (χ1n) is 6.43. The Balaban J connectivity index is 2.18. The van der Waals surface area contributed by atoms with E-state index in [1.54, 1.807) is 0 Å². The molecule has 1 unspecified atom stereocenters. The van der Waals surface area contributed by atoms with Crippen LogP contribution >= 0.6 is 11.8 Å². The molecule has 0 saturated heterocycles. The zero-order chi connectivity index (χ0) is 13.0. The van der Waals surface area contributed by atoms with Gasteiger partial charge in [-0.2, -0.15) is 16.9 Å². The zero-order valence-electron chi connectivity index (χ0n) is 11.0. The number of nitrogens with zero attached hydrogens (tertiary/aromatic N) is 2. The van der Waals surface area contributed by atoms with Crippen LogP contribution in [0.5, 0.6) is 0 Å². The van der Waals surface area contributed by atoms with E-state index in [1.165, 1.54) is 10.9 Å². The molecule has 0 bridgehead atoms. The third-order valence-corrected chi connectivity index (χ3v) is 4.32. The Morgan fingerprint density at radius 3 is 2.89 bits per heavy atom. The smallest absolute Gasteiger partial charge is 0.0802 e. The molecule has 18 heavy (non-hydrogen) atoms. The van der Waals surface area contributed by atoms with Crippen LogP contribution in [0.3, 0.4) is 0 Å². The van der Waals surface area contributed by atoms with Gasteiger partial charge in [0.2, 0.25) is 0 Å². The first kappa shape index (κ1) is 13.4. The summed E-state index contributed by atoms with van der Waals surface area (Å²) in [6, 6.07) is 8.38. The molecule has 0 spiro atoms. The van der Waals surface area contributed by atoms with Crippen LogP contribution in [-0.4, -0.2) is 26.7 Å². The van der Waals surface area contributed by atoms with Crippen LogP contribution in [0.4, 0.5) is 0 Å². The molecule has 0 amide bonds. The average molecular weight is 264 g/mol. The van der Waals surface area contributed by atoms with Crippen molar-refractivity contribution in [2.75, 3.05) is 6.61 Å². The Morgan fingerprint density at radius 2 is 2.17 bits per heavy atom. The van der Waals surface area contributed by atoms with Crippen molar-refractivity contribution in [3.8, 4) is 0 Å². The van der Waals surface area contributed by atoms with Gasteiger partial charge < -0.3 is 5.11 Å². The van der Waals surface area contributed by atoms with Gasteiger partial charge in [-0.05, 0) is 19.4 Å². The number of rotatable bonds is 6. The van der Waals surface area contributed by atoms with E-state index in [4.69, 9.17) is 5.11 Å². The summed E-state index contributed by atoms with van der Waals surface area (Å²) in [5, 5.41) is 15.3. The van der Waals surface area contributed by atoms with Gasteiger partial charge in [0, 0.05) is 29.5 Å². The molecule has 2 aromatic rings. The highest BCUT2D eigenvalue weighted by molar-refractivity contribution is 7.99. The van der Waals surface area contributed by atoms with E-state index in [-0.39, 0.29) is 6.61 Å². The minimum atomic E-state index is 0.262. The number of para-hydroxylation sites is 1. The first-order valence-corrected chi connectivity index (χ1v) is 7.48. The Hall–Kier alpha value is -1.00. The Morgan fingerprint density at radius 1 is 1.39 bits per heavy atom. The summed E-state index contributed by atoms with van der Waals surface area (Å²) in [6.45, 7) is 5.43. The number of hydrogen-bond donors (Lipinski definition) is 1. The van der Waals surface area contributed by atoms with Crippen molar-refractivity contribution in [1.82, 2.24) is 9.78 Å². The highest BCUT2D eigenvalue weighted by Gasteiger charge is 2.10.